The summed E-state index contributed by atoms with van der Waals surface area (Å²) >= 11 is 11.9. The fraction of sp³-hybridized carbons (Fsp3) is 0.0769. The number of hydrogen-bond donors (Lipinski definition) is 1. The largest absolute Gasteiger partial charge is 0.388 e. The first-order chi connectivity index (χ1) is 7.70. The van der Waals surface area contributed by atoms with E-state index in [1.165, 1.54) is 0 Å². The summed E-state index contributed by atoms with van der Waals surface area (Å²) in [4.78, 5) is 0. The predicted octanol–water partition coefficient (Wildman–Crippen LogP) is 4.70. The molecule has 0 aliphatic carbocycles. The van der Waals surface area contributed by atoms with E-state index in [1.807, 2.05) is 43.4 Å². The molecule has 0 aliphatic heterocycles. The highest BCUT2D eigenvalue weighted by molar-refractivity contribution is 6.42. The van der Waals surface area contributed by atoms with Gasteiger partial charge in [-0.15, -0.1) is 0 Å². The lowest BCUT2D eigenvalue weighted by Crippen LogP contribution is -1.87. The lowest BCUT2D eigenvalue weighted by Gasteiger charge is -2.06. The Balaban J connectivity index is 2.46. The van der Waals surface area contributed by atoms with Gasteiger partial charge in [0.1, 0.15) is 0 Å². The second kappa shape index (κ2) is 4.77. The quantitative estimate of drug-likeness (QED) is 0.816. The van der Waals surface area contributed by atoms with Crippen LogP contribution in [0.1, 0.15) is 0 Å². The maximum Gasteiger partial charge on any atom is 0.0598 e. The molecular weight excluding hydrogens is 241 g/mol. The van der Waals surface area contributed by atoms with Crippen molar-refractivity contribution in [1.29, 1.82) is 0 Å². The van der Waals surface area contributed by atoms with Crippen LogP contribution in [-0.4, -0.2) is 7.05 Å². The fourth-order valence-electron chi connectivity index (χ4n) is 1.53. The SMILES string of the molecule is CNc1cccc(-c2ccc(Cl)c(Cl)c2)c1. The van der Waals surface area contributed by atoms with Gasteiger partial charge in [0.25, 0.3) is 0 Å². The number of hydrogen-bond acceptors (Lipinski definition) is 1. The number of nitrogens with one attached hydrogen (secondary N) is 1. The summed E-state index contributed by atoms with van der Waals surface area (Å²) in [5.74, 6) is 0. The van der Waals surface area contributed by atoms with Crippen LogP contribution >= 0.6 is 23.2 Å². The van der Waals surface area contributed by atoms with E-state index in [0.717, 1.165) is 16.8 Å². The van der Waals surface area contributed by atoms with E-state index in [0.29, 0.717) is 10.0 Å². The summed E-state index contributed by atoms with van der Waals surface area (Å²) in [6, 6.07) is 13.8. The Kier molecular flexibility index (Phi) is 3.37. The zero-order valence-electron chi connectivity index (χ0n) is 8.80. The van der Waals surface area contributed by atoms with Crippen LogP contribution in [-0.2, 0) is 0 Å². The molecule has 0 saturated carbocycles. The van der Waals surface area contributed by atoms with Crippen LogP contribution in [0.4, 0.5) is 5.69 Å². The van der Waals surface area contributed by atoms with Crippen molar-refractivity contribution in [3.63, 3.8) is 0 Å². The van der Waals surface area contributed by atoms with E-state index < -0.39 is 0 Å². The van der Waals surface area contributed by atoms with E-state index in [2.05, 4.69) is 11.4 Å². The lowest BCUT2D eigenvalue weighted by molar-refractivity contribution is 1.51. The molecule has 0 bridgehead atoms. The minimum Gasteiger partial charge on any atom is -0.388 e. The van der Waals surface area contributed by atoms with Gasteiger partial charge in [-0.2, -0.15) is 0 Å². The molecule has 0 unspecified atom stereocenters. The Morgan fingerprint density at radius 3 is 2.31 bits per heavy atom. The molecule has 0 atom stereocenters. The number of benzene rings is 2. The Bertz CT molecular complexity index is 509. The standard InChI is InChI=1S/C13H11Cl2N/c1-16-11-4-2-3-9(7-11)10-5-6-12(14)13(15)8-10/h2-8,16H,1H3. The van der Waals surface area contributed by atoms with E-state index in [9.17, 15) is 0 Å². The topological polar surface area (TPSA) is 12.0 Å². The third-order valence-corrected chi connectivity index (χ3v) is 3.14. The second-order valence-electron chi connectivity index (χ2n) is 3.46. The first-order valence-corrected chi connectivity index (χ1v) is 5.69. The summed E-state index contributed by atoms with van der Waals surface area (Å²) < 4.78 is 0. The minimum atomic E-state index is 0.578. The molecule has 0 saturated heterocycles. The van der Waals surface area contributed by atoms with Gasteiger partial charge in [-0.05, 0) is 35.4 Å². The Labute approximate surface area is 105 Å². The average Bonchev–Trinajstić information content (AvgIpc) is 2.33. The van der Waals surface area contributed by atoms with Gasteiger partial charge in [-0.3, -0.25) is 0 Å². The van der Waals surface area contributed by atoms with Crippen molar-refractivity contribution in [2.75, 3.05) is 12.4 Å². The molecule has 0 aromatic heterocycles. The molecule has 2 rings (SSSR count). The third kappa shape index (κ3) is 2.31. The molecular formula is C13H11Cl2N. The van der Waals surface area contributed by atoms with E-state index in [-0.39, 0.29) is 0 Å². The van der Waals surface area contributed by atoms with Crippen molar-refractivity contribution in [3.05, 3.63) is 52.5 Å². The van der Waals surface area contributed by atoms with Gasteiger partial charge in [-0.1, -0.05) is 41.4 Å². The molecule has 16 heavy (non-hydrogen) atoms. The van der Waals surface area contributed by atoms with Crippen molar-refractivity contribution in [1.82, 2.24) is 0 Å². The van der Waals surface area contributed by atoms with Gasteiger partial charge in [0.05, 0.1) is 10.0 Å². The smallest absolute Gasteiger partial charge is 0.0598 e. The number of anilines is 1. The van der Waals surface area contributed by atoms with Gasteiger partial charge in [0.15, 0.2) is 0 Å². The molecule has 3 heteroatoms. The van der Waals surface area contributed by atoms with Crippen LogP contribution < -0.4 is 5.32 Å². The molecule has 0 heterocycles. The maximum atomic E-state index is 5.99. The number of halogens is 2. The van der Waals surface area contributed by atoms with Crippen LogP contribution in [0, 0.1) is 0 Å². The molecule has 1 N–H and O–H groups in total. The fourth-order valence-corrected chi connectivity index (χ4v) is 1.83. The highest BCUT2D eigenvalue weighted by atomic mass is 35.5. The van der Waals surface area contributed by atoms with Crippen molar-refractivity contribution in [2.45, 2.75) is 0 Å². The first kappa shape index (κ1) is 11.3. The summed E-state index contributed by atoms with van der Waals surface area (Å²) in [5.41, 5.74) is 3.25. The Morgan fingerprint density at radius 2 is 1.62 bits per heavy atom. The van der Waals surface area contributed by atoms with Crippen molar-refractivity contribution >= 4 is 28.9 Å². The van der Waals surface area contributed by atoms with Crippen LogP contribution in [0.3, 0.4) is 0 Å². The number of rotatable bonds is 2. The summed E-state index contributed by atoms with van der Waals surface area (Å²) in [7, 11) is 1.90. The maximum absolute atomic E-state index is 5.99. The lowest BCUT2D eigenvalue weighted by atomic mass is 10.1. The molecule has 0 fully saturated rings. The van der Waals surface area contributed by atoms with Gasteiger partial charge in [-0.25, -0.2) is 0 Å². The normalized spacial score (nSPS) is 10.2. The van der Waals surface area contributed by atoms with Crippen molar-refractivity contribution < 1.29 is 0 Å². The molecule has 0 amide bonds. The zero-order chi connectivity index (χ0) is 11.5. The summed E-state index contributed by atoms with van der Waals surface area (Å²) in [5, 5.41) is 4.26. The average molecular weight is 252 g/mol. The first-order valence-electron chi connectivity index (χ1n) is 4.94. The van der Waals surface area contributed by atoms with Crippen LogP contribution in [0.15, 0.2) is 42.5 Å². The van der Waals surface area contributed by atoms with E-state index in [4.69, 9.17) is 23.2 Å². The van der Waals surface area contributed by atoms with Gasteiger partial charge in [0.2, 0.25) is 0 Å². The van der Waals surface area contributed by atoms with Crippen molar-refractivity contribution in [2.24, 2.45) is 0 Å². The van der Waals surface area contributed by atoms with Crippen LogP contribution in [0.5, 0.6) is 0 Å². The Hall–Kier alpha value is -1.18. The van der Waals surface area contributed by atoms with Crippen molar-refractivity contribution in [3.8, 4) is 11.1 Å². The molecule has 0 radical (unpaired) electrons. The van der Waals surface area contributed by atoms with Gasteiger partial charge < -0.3 is 5.32 Å². The summed E-state index contributed by atoms with van der Waals surface area (Å²) in [6.07, 6.45) is 0. The molecule has 2 aromatic rings. The molecule has 0 aliphatic rings. The molecule has 1 nitrogen and oxygen atoms in total. The van der Waals surface area contributed by atoms with Crippen LogP contribution in [0.2, 0.25) is 10.0 Å². The molecule has 0 spiro atoms. The van der Waals surface area contributed by atoms with Gasteiger partial charge >= 0.3 is 0 Å². The molecule has 82 valence electrons. The molecule has 2 aromatic carbocycles. The minimum absolute atomic E-state index is 0.578. The zero-order valence-corrected chi connectivity index (χ0v) is 10.3. The monoisotopic (exact) mass is 251 g/mol. The van der Waals surface area contributed by atoms with E-state index >= 15 is 0 Å². The second-order valence-corrected chi connectivity index (χ2v) is 4.27. The third-order valence-electron chi connectivity index (χ3n) is 2.40. The summed E-state index contributed by atoms with van der Waals surface area (Å²) in [6.45, 7) is 0. The van der Waals surface area contributed by atoms with E-state index in [1.54, 1.807) is 0 Å². The Morgan fingerprint density at radius 1 is 0.875 bits per heavy atom. The predicted molar refractivity (Wildman–Crippen MR) is 71.4 cm³/mol. The highest BCUT2D eigenvalue weighted by Gasteiger charge is 2.02. The highest BCUT2D eigenvalue weighted by Crippen LogP contribution is 2.29. The van der Waals surface area contributed by atoms with Crippen LogP contribution in [0.25, 0.3) is 11.1 Å². The van der Waals surface area contributed by atoms with Gasteiger partial charge in [0, 0.05) is 12.7 Å².